The lowest BCUT2D eigenvalue weighted by Crippen LogP contribution is -2.49. The van der Waals surface area contributed by atoms with E-state index in [1.165, 1.54) is 4.57 Å². The molecule has 3 heterocycles. The van der Waals surface area contributed by atoms with Gasteiger partial charge in [-0.1, -0.05) is 47.1 Å². The first-order chi connectivity index (χ1) is 14.1. The van der Waals surface area contributed by atoms with Crippen molar-refractivity contribution in [1.29, 1.82) is 0 Å². The largest absolute Gasteiger partial charge is 0.441 e. The van der Waals surface area contributed by atoms with E-state index in [1.54, 1.807) is 6.20 Å². The van der Waals surface area contributed by atoms with Crippen molar-refractivity contribution in [3.05, 3.63) is 64.2 Å². The zero-order valence-electron chi connectivity index (χ0n) is 15.8. The van der Waals surface area contributed by atoms with Crippen LogP contribution >= 0.6 is 11.6 Å². The first kappa shape index (κ1) is 19.6. The van der Waals surface area contributed by atoms with Gasteiger partial charge in [0.15, 0.2) is 5.82 Å². The Morgan fingerprint density at radius 1 is 1.07 bits per heavy atom. The molecule has 1 aliphatic rings. The Kier molecular flexibility index (Phi) is 5.94. The van der Waals surface area contributed by atoms with E-state index in [9.17, 15) is 9.90 Å². The van der Waals surface area contributed by atoms with E-state index < -0.39 is 11.9 Å². The fourth-order valence-corrected chi connectivity index (χ4v) is 3.62. The molecule has 0 saturated carbocycles. The standard InChI is InChI=1S/C20H22ClN5O3/c21-16-6-7-18(22-12-16)25-10-8-24(9-11-25)13-17(27)14-26-19(23-29-20(26)28)15-4-2-1-3-5-15/h1-7,12,17,27H,8-11,13-14H2. The number of aromatic nitrogens is 3. The van der Waals surface area contributed by atoms with Gasteiger partial charge >= 0.3 is 5.76 Å². The molecule has 1 unspecified atom stereocenters. The molecule has 1 atom stereocenters. The van der Waals surface area contributed by atoms with E-state index in [4.69, 9.17) is 16.1 Å². The molecule has 1 saturated heterocycles. The molecule has 1 fully saturated rings. The van der Waals surface area contributed by atoms with Crippen LogP contribution in [0.25, 0.3) is 11.4 Å². The summed E-state index contributed by atoms with van der Waals surface area (Å²) < 4.78 is 6.20. The number of anilines is 1. The van der Waals surface area contributed by atoms with Crippen LogP contribution in [-0.2, 0) is 6.54 Å². The van der Waals surface area contributed by atoms with Crippen molar-refractivity contribution >= 4 is 17.4 Å². The number of halogens is 1. The second-order valence-corrected chi connectivity index (χ2v) is 7.46. The molecule has 1 aliphatic heterocycles. The smallest absolute Gasteiger partial charge is 0.390 e. The zero-order chi connectivity index (χ0) is 20.2. The fourth-order valence-electron chi connectivity index (χ4n) is 3.51. The number of piperazine rings is 1. The molecule has 3 aromatic rings. The second kappa shape index (κ2) is 8.77. The van der Waals surface area contributed by atoms with E-state index in [0.717, 1.165) is 37.6 Å². The van der Waals surface area contributed by atoms with Crippen LogP contribution in [0.1, 0.15) is 0 Å². The summed E-state index contributed by atoms with van der Waals surface area (Å²) in [5.74, 6) is 0.757. The molecule has 0 bridgehead atoms. The van der Waals surface area contributed by atoms with E-state index in [0.29, 0.717) is 17.4 Å². The quantitative estimate of drug-likeness (QED) is 0.656. The fraction of sp³-hybridized carbons (Fsp3) is 0.350. The molecule has 8 nitrogen and oxygen atoms in total. The van der Waals surface area contributed by atoms with Crippen LogP contribution in [0.2, 0.25) is 5.02 Å². The Balaban J connectivity index is 1.34. The number of nitrogens with zero attached hydrogens (tertiary/aromatic N) is 5. The number of benzene rings is 1. The first-order valence-electron chi connectivity index (χ1n) is 9.49. The van der Waals surface area contributed by atoms with Crippen molar-refractivity contribution in [3.8, 4) is 11.4 Å². The summed E-state index contributed by atoms with van der Waals surface area (Å²) in [6.07, 6.45) is 0.934. The minimum absolute atomic E-state index is 0.130. The minimum Gasteiger partial charge on any atom is -0.390 e. The molecule has 29 heavy (non-hydrogen) atoms. The monoisotopic (exact) mass is 415 g/mol. The maximum Gasteiger partial charge on any atom is 0.441 e. The summed E-state index contributed by atoms with van der Waals surface area (Å²) in [5.41, 5.74) is 0.773. The van der Waals surface area contributed by atoms with Gasteiger partial charge in [-0.15, -0.1) is 0 Å². The average molecular weight is 416 g/mol. The Morgan fingerprint density at radius 2 is 1.83 bits per heavy atom. The lowest BCUT2D eigenvalue weighted by molar-refractivity contribution is 0.0935. The Bertz CT molecular complexity index is 981. The second-order valence-electron chi connectivity index (χ2n) is 7.02. The van der Waals surface area contributed by atoms with Crippen LogP contribution in [0.4, 0.5) is 5.82 Å². The highest BCUT2D eigenvalue weighted by Crippen LogP contribution is 2.17. The van der Waals surface area contributed by atoms with Gasteiger partial charge in [-0.25, -0.2) is 9.78 Å². The van der Waals surface area contributed by atoms with Gasteiger partial charge in [0.2, 0.25) is 0 Å². The first-order valence-corrected chi connectivity index (χ1v) is 9.87. The van der Waals surface area contributed by atoms with Gasteiger partial charge in [-0.3, -0.25) is 14.0 Å². The third-order valence-electron chi connectivity index (χ3n) is 4.99. The summed E-state index contributed by atoms with van der Waals surface area (Å²) in [6.45, 7) is 3.81. The molecule has 0 spiro atoms. The molecule has 1 aromatic carbocycles. The number of rotatable bonds is 6. The number of aliphatic hydroxyl groups excluding tert-OH is 1. The molecule has 0 amide bonds. The molecule has 4 rings (SSSR count). The Hall–Kier alpha value is -2.68. The van der Waals surface area contributed by atoms with E-state index >= 15 is 0 Å². The number of hydrogen-bond acceptors (Lipinski definition) is 7. The van der Waals surface area contributed by atoms with Crippen LogP contribution in [0, 0.1) is 0 Å². The highest BCUT2D eigenvalue weighted by molar-refractivity contribution is 6.30. The van der Waals surface area contributed by atoms with Crippen LogP contribution in [0.5, 0.6) is 0 Å². The van der Waals surface area contributed by atoms with Gasteiger partial charge in [-0.05, 0) is 12.1 Å². The van der Waals surface area contributed by atoms with Crippen molar-refractivity contribution in [1.82, 2.24) is 19.6 Å². The minimum atomic E-state index is -0.713. The van der Waals surface area contributed by atoms with E-state index in [-0.39, 0.29) is 6.54 Å². The molecule has 2 aromatic heterocycles. The van der Waals surface area contributed by atoms with Crippen LogP contribution < -0.4 is 10.7 Å². The van der Waals surface area contributed by atoms with Gasteiger partial charge in [0.25, 0.3) is 0 Å². The summed E-state index contributed by atoms with van der Waals surface area (Å²) in [4.78, 5) is 20.8. The van der Waals surface area contributed by atoms with Crippen molar-refractivity contribution in [2.75, 3.05) is 37.6 Å². The number of pyridine rings is 1. The predicted molar refractivity (Wildman–Crippen MR) is 110 cm³/mol. The number of aliphatic hydroxyl groups is 1. The maximum atomic E-state index is 12.1. The summed E-state index contributed by atoms with van der Waals surface area (Å²) >= 11 is 5.90. The highest BCUT2D eigenvalue weighted by atomic mass is 35.5. The van der Waals surface area contributed by atoms with Crippen LogP contribution in [0.15, 0.2) is 58.0 Å². The third-order valence-corrected chi connectivity index (χ3v) is 5.21. The molecule has 0 radical (unpaired) electrons. The van der Waals surface area contributed by atoms with Gasteiger partial charge in [0.1, 0.15) is 5.82 Å². The van der Waals surface area contributed by atoms with Gasteiger partial charge in [-0.2, -0.15) is 0 Å². The van der Waals surface area contributed by atoms with Crippen molar-refractivity contribution < 1.29 is 9.63 Å². The molecular weight excluding hydrogens is 394 g/mol. The molecule has 1 N–H and O–H groups in total. The molecule has 9 heteroatoms. The van der Waals surface area contributed by atoms with Crippen molar-refractivity contribution in [2.24, 2.45) is 0 Å². The maximum absolute atomic E-state index is 12.1. The summed E-state index contributed by atoms with van der Waals surface area (Å²) in [5, 5.41) is 15.1. The highest BCUT2D eigenvalue weighted by Gasteiger charge is 2.22. The lowest BCUT2D eigenvalue weighted by atomic mass is 10.2. The van der Waals surface area contributed by atoms with Gasteiger partial charge < -0.3 is 10.0 Å². The molecular formula is C20H22ClN5O3. The predicted octanol–water partition coefficient (Wildman–Crippen LogP) is 1.73. The van der Waals surface area contributed by atoms with Crippen molar-refractivity contribution in [2.45, 2.75) is 12.6 Å². The SMILES string of the molecule is O=c1onc(-c2ccccc2)n1CC(O)CN1CCN(c2ccc(Cl)cn2)CC1. The summed E-state index contributed by atoms with van der Waals surface area (Å²) in [7, 11) is 0. The topological polar surface area (TPSA) is 87.6 Å². The van der Waals surface area contributed by atoms with Gasteiger partial charge in [0, 0.05) is 44.5 Å². The molecule has 0 aliphatic carbocycles. The number of β-amino-alcohol motifs (C(OH)–C–C–N with tert-alkyl or cyclic N) is 1. The Labute approximate surface area is 172 Å². The Morgan fingerprint density at radius 3 is 2.52 bits per heavy atom. The number of hydrogen-bond donors (Lipinski definition) is 1. The molecule has 152 valence electrons. The summed E-state index contributed by atoms with van der Waals surface area (Å²) in [6, 6.07) is 13.1. The normalized spacial score (nSPS) is 16.1. The third kappa shape index (κ3) is 4.67. The van der Waals surface area contributed by atoms with E-state index in [1.807, 2.05) is 42.5 Å². The average Bonchev–Trinajstić information content (AvgIpc) is 3.10. The van der Waals surface area contributed by atoms with E-state index in [2.05, 4.69) is 19.9 Å². The zero-order valence-corrected chi connectivity index (χ0v) is 16.6. The lowest BCUT2D eigenvalue weighted by Gasteiger charge is -2.36. The van der Waals surface area contributed by atoms with Crippen molar-refractivity contribution in [3.63, 3.8) is 0 Å². The van der Waals surface area contributed by atoms with Crippen LogP contribution in [0.3, 0.4) is 0 Å². The van der Waals surface area contributed by atoms with Gasteiger partial charge in [0.05, 0.1) is 17.7 Å². The van der Waals surface area contributed by atoms with Crippen LogP contribution in [-0.4, -0.2) is 63.5 Å².